The second kappa shape index (κ2) is 6.27. The summed E-state index contributed by atoms with van der Waals surface area (Å²) in [5, 5.41) is 17.2. The average Bonchev–Trinajstić information content (AvgIpc) is 2.89. The van der Waals surface area contributed by atoms with Gasteiger partial charge in [-0.25, -0.2) is 4.79 Å². The van der Waals surface area contributed by atoms with Crippen LogP contribution in [0.25, 0.3) is 0 Å². The third-order valence-corrected chi connectivity index (χ3v) is 4.32. The highest BCUT2D eigenvalue weighted by Crippen LogP contribution is 2.23. The third kappa shape index (κ3) is 2.87. The molecule has 0 bridgehead atoms. The molecule has 0 unspecified atom stereocenters. The molecule has 0 aromatic carbocycles. The molecule has 0 aliphatic carbocycles. The van der Waals surface area contributed by atoms with Crippen molar-refractivity contribution < 1.29 is 9.90 Å². The molecule has 0 atom stereocenters. The number of aromatic carboxylic acids is 1. The molecule has 0 amide bonds. The first-order chi connectivity index (χ1) is 10.7. The summed E-state index contributed by atoms with van der Waals surface area (Å²) >= 11 is 0. The predicted octanol–water partition coefficient (Wildman–Crippen LogP) is 1.80. The van der Waals surface area contributed by atoms with Gasteiger partial charge in [-0.1, -0.05) is 0 Å². The van der Waals surface area contributed by atoms with Crippen molar-refractivity contribution in [1.82, 2.24) is 20.1 Å². The number of nitrogens with one attached hydrogen (secondary N) is 1. The molecule has 2 N–H and O–H groups in total. The van der Waals surface area contributed by atoms with Crippen molar-refractivity contribution in [2.24, 2.45) is 0 Å². The standard InChI is InChI=1S/C16H20N4O2/c1-11-12(8-13-9-18-7-4-15(13)16(21)22)10-19-20(11)14-2-5-17-6-3-14/h4,7,9-10,14,17H,2-3,5-6,8H2,1H3,(H,21,22). The van der Waals surface area contributed by atoms with Gasteiger partial charge in [0.25, 0.3) is 0 Å². The van der Waals surface area contributed by atoms with Gasteiger partial charge in [0.1, 0.15) is 0 Å². The number of hydrogen-bond donors (Lipinski definition) is 2. The molecule has 3 heterocycles. The maximum absolute atomic E-state index is 11.3. The van der Waals surface area contributed by atoms with Crippen molar-refractivity contribution in [2.45, 2.75) is 32.2 Å². The SMILES string of the molecule is Cc1c(Cc2cnccc2C(=O)O)cnn1C1CCNCC1. The van der Waals surface area contributed by atoms with Gasteiger partial charge in [-0.05, 0) is 50.0 Å². The molecule has 0 saturated carbocycles. The fourth-order valence-corrected chi connectivity index (χ4v) is 3.03. The van der Waals surface area contributed by atoms with Crippen LogP contribution in [0, 0.1) is 6.92 Å². The van der Waals surface area contributed by atoms with Crippen LogP contribution < -0.4 is 5.32 Å². The van der Waals surface area contributed by atoms with Crippen LogP contribution in [-0.4, -0.2) is 38.9 Å². The molecule has 1 saturated heterocycles. The Morgan fingerprint density at radius 2 is 2.14 bits per heavy atom. The van der Waals surface area contributed by atoms with Gasteiger partial charge in [0, 0.05) is 24.5 Å². The first-order valence-corrected chi connectivity index (χ1v) is 7.56. The van der Waals surface area contributed by atoms with Gasteiger partial charge in [-0.15, -0.1) is 0 Å². The van der Waals surface area contributed by atoms with Gasteiger partial charge in [0.2, 0.25) is 0 Å². The molecule has 6 heteroatoms. The van der Waals surface area contributed by atoms with Crippen LogP contribution in [0.5, 0.6) is 0 Å². The molecule has 0 spiro atoms. The highest BCUT2D eigenvalue weighted by molar-refractivity contribution is 5.89. The summed E-state index contributed by atoms with van der Waals surface area (Å²) in [4.78, 5) is 15.3. The zero-order chi connectivity index (χ0) is 15.5. The number of carbonyl (C=O) groups is 1. The molecular weight excluding hydrogens is 280 g/mol. The molecule has 22 heavy (non-hydrogen) atoms. The maximum Gasteiger partial charge on any atom is 0.336 e. The number of piperidine rings is 1. The molecule has 2 aromatic rings. The van der Waals surface area contributed by atoms with E-state index in [1.165, 1.54) is 6.20 Å². The van der Waals surface area contributed by atoms with E-state index in [2.05, 4.69) is 27.0 Å². The van der Waals surface area contributed by atoms with Crippen LogP contribution in [0.3, 0.4) is 0 Å². The normalized spacial score (nSPS) is 15.9. The topological polar surface area (TPSA) is 80.0 Å². The minimum Gasteiger partial charge on any atom is -0.478 e. The zero-order valence-electron chi connectivity index (χ0n) is 12.6. The number of carboxylic acids is 1. The third-order valence-electron chi connectivity index (χ3n) is 4.32. The fourth-order valence-electron chi connectivity index (χ4n) is 3.03. The molecule has 2 aromatic heterocycles. The van der Waals surface area contributed by atoms with E-state index in [0.29, 0.717) is 18.0 Å². The summed E-state index contributed by atoms with van der Waals surface area (Å²) in [6.07, 6.45) is 7.70. The highest BCUT2D eigenvalue weighted by Gasteiger charge is 2.19. The minimum atomic E-state index is -0.916. The molecule has 6 nitrogen and oxygen atoms in total. The number of rotatable bonds is 4. The molecule has 3 rings (SSSR count). The maximum atomic E-state index is 11.3. The number of pyridine rings is 1. The van der Waals surface area contributed by atoms with Crippen LogP contribution in [-0.2, 0) is 6.42 Å². The molecule has 1 aliphatic rings. The van der Waals surface area contributed by atoms with E-state index in [1.54, 1.807) is 12.3 Å². The number of aromatic nitrogens is 3. The fraction of sp³-hybridized carbons (Fsp3) is 0.438. The second-order valence-electron chi connectivity index (χ2n) is 5.70. The lowest BCUT2D eigenvalue weighted by molar-refractivity contribution is 0.0695. The van der Waals surface area contributed by atoms with E-state index in [1.807, 2.05) is 6.20 Å². The molecule has 0 radical (unpaired) electrons. The summed E-state index contributed by atoms with van der Waals surface area (Å²) < 4.78 is 2.09. The predicted molar refractivity (Wildman–Crippen MR) is 82.1 cm³/mol. The van der Waals surface area contributed by atoms with Crippen LogP contribution in [0.2, 0.25) is 0 Å². The van der Waals surface area contributed by atoms with Gasteiger partial charge < -0.3 is 10.4 Å². The Hall–Kier alpha value is -2.21. The van der Waals surface area contributed by atoms with Gasteiger partial charge in [-0.3, -0.25) is 9.67 Å². The van der Waals surface area contributed by atoms with Crippen molar-refractivity contribution in [3.8, 4) is 0 Å². The Bertz CT molecular complexity index is 675. The Morgan fingerprint density at radius 1 is 1.36 bits per heavy atom. The lowest BCUT2D eigenvalue weighted by Crippen LogP contribution is -2.30. The number of hydrogen-bond acceptors (Lipinski definition) is 4. The van der Waals surface area contributed by atoms with Crippen LogP contribution in [0.15, 0.2) is 24.7 Å². The average molecular weight is 300 g/mol. The molecular formula is C16H20N4O2. The lowest BCUT2D eigenvalue weighted by Gasteiger charge is -2.24. The van der Waals surface area contributed by atoms with Crippen LogP contribution in [0.1, 0.15) is 46.1 Å². The van der Waals surface area contributed by atoms with Crippen molar-refractivity contribution in [1.29, 1.82) is 0 Å². The highest BCUT2D eigenvalue weighted by atomic mass is 16.4. The van der Waals surface area contributed by atoms with E-state index in [0.717, 1.165) is 42.8 Å². The summed E-state index contributed by atoms with van der Waals surface area (Å²) in [6.45, 7) is 4.09. The van der Waals surface area contributed by atoms with Gasteiger partial charge in [0.15, 0.2) is 0 Å². The van der Waals surface area contributed by atoms with Crippen LogP contribution in [0.4, 0.5) is 0 Å². The largest absolute Gasteiger partial charge is 0.478 e. The first-order valence-electron chi connectivity index (χ1n) is 7.56. The molecule has 1 aliphatic heterocycles. The van der Waals surface area contributed by atoms with Gasteiger partial charge in [-0.2, -0.15) is 5.10 Å². The Morgan fingerprint density at radius 3 is 2.86 bits per heavy atom. The lowest BCUT2D eigenvalue weighted by atomic mass is 10.0. The second-order valence-corrected chi connectivity index (χ2v) is 5.70. The van der Waals surface area contributed by atoms with E-state index in [-0.39, 0.29) is 0 Å². The molecule has 116 valence electrons. The Labute approximate surface area is 129 Å². The minimum absolute atomic E-state index is 0.309. The number of nitrogens with zero attached hydrogens (tertiary/aromatic N) is 3. The van der Waals surface area contributed by atoms with E-state index in [9.17, 15) is 9.90 Å². The van der Waals surface area contributed by atoms with Crippen molar-refractivity contribution in [3.63, 3.8) is 0 Å². The Balaban J connectivity index is 1.85. The summed E-state index contributed by atoms with van der Waals surface area (Å²) in [7, 11) is 0. The van der Waals surface area contributed by atoms with E-state index < -0.39 is 5.97 Å². The zero-order valence-corrected chi connectivity index (χ0v) is 12.6. The van der Waals surface area contributed by atoms with E-state index >= 15 is 0 Å². The molecule has 1 fully saturated rings. The quantitative estimate of drug-likeness (QED) is 0.900. The van der Waals surface area contributed by atoms with Crippen molar-refractivity contribution in [2.75, 3.05) is 13.1 Å². The summed E-state index contributed by atoms with van der Waals surface area (Å²) in [5.41, 5.74) is 3.22. The smallest absolute Gasteiger partial charge is 0.336 e. The van der Waals surface area contributed by atoms with Crippen molar-refractivity contribution in [3.05, 3.63) is 47.0 Å². The van der Waals surface area contributed by atoms with Crippen LogP contribution >= 0.6 is 0 Å². The summed E-state index contributed by atoms with van der Waals surface area (Å²) in [6, 6.07) is 1.98. The number of carboxylic acid groups (broad SMARTS) is 1. The Kier molecular flexibility index (Phi) is 4.20. The van der Waals surface area contributed by atoms with E-state index in [4.69, 9.17) is 0 Å². The van der Waals surface area contributed by atoms with Gasteiger partial charge >= 0.3 is 5.97 Å². The monoisotopic (exact) mass is 300 g/mol. The van der Waals surface area contributed by atoms with Crippen molar-refractivity contribution >= 4 is 5.97 Å². The first kappa shape index (κ1) is 14.7. The summed E-state index contributed by atoms with van der Waals surface area (Å²) in [5.74, 6) is -0.916. The van der Waals surface area contributed by atoms with Gasteiger partial charge in [0.05, 0.1) is 17.8 Å².